The quantitative estimate of drug-likeness (QED) is 0.634. The van der Waals surface area contributed by atoms with Crippen molar-refractivity contribution >= 4 is 38.1 Å². The molecule has 0 radical (unpaired) electrons. The highest BCUT2D eigenvalue weighted by Gasteiger charge is 2.23. The number of aromatic nitrogens is 1. The van der Waals surface area contributed by atoms with Crippen LogP contribution in [0, 0.1) is 6.92 Å². The van der Waals surface area contributed by atoms with Gasteiger partial charge in [-0.2, -0.15) is 0 Å². The molecule has 9 heteroatoms. The lowest BCUT2D eigenvalue weighted by molar-refractivity contribution is 0.0767. The molecule has 0 atom stereocenters. The van der Waals surface area contributed by atoms with Crippen molar-refractivity contribution in [2.45, 2.75) is 18.2 Å². The second-order valence-electron chi connectivity index (χ2n) is 7.45. The molecule has 2 aromatic carbocycles. The minimum absolute atomic E-state index is 0.0677. The number of rotatable bonds is 5. The number of sulfonamides is 1. The van der Waals surface area contributed by atoms with Crippen LogP contribution in [0.25, 0.3) is 0 Å². The van der Waals surface area contributed by atoms with E-state index in [0.29, 0.717) is 30.9 Å². The van der Waals surface area contributed by atoms with Crippen molar-refractivity contribution in [3.05, 3.63) is 71.2 Å². The molecular formula is C22H24N4O3S2. The Bertz CT molecular complexity index is 1150. The monoisotopic (exact) mass is 456 g/mol. The lowest BCUT2D eigenvalue weighted by Gasteiger charge is -2.22. The molecule has 1 saturated heterocycles. The Balaban J connectivity index is 1.48. The Hall–Kier alpha value is -2.91. The number of anilines is 2. The summed E-state index contributed by atoms with van der Waals surface area (Å²) >= 11 is 1.59. The number of benzene rings is 2. The van der Waals surface area contributed by atoms with Crippen LogP contribution in [0.3, 0.4) is 0 Å². The fourth-order valence-corrected chi connectivity index (χ4v) is 5.30. The Morgan fingerprint density at radius 1 is 1.06 bits per heavy atom. The van der Waals surface area contributed by atoms with Crippen LogP contribution in [0.15, 0.2) is 65.0 Å². The number of thiazole rings is 1. The number of hydrogen-bond donors (Lipinski definition) is 1. The van der Waals surface area contributed by atoms with Crippen LogP contribution in [0.2, 0.25) is 0 Å². The average Bonchev–Trinajstić information content (AvgIpc) is 3.19. The maximum atomic E-state index is 13.1. The van der Waals surface area contributed by atoms with Crippen molar-refractivity contribution in [2.24, 2.45) is 0 Å². The van der Waals surface area contributed by atoms with Gasteiger partial charge in [-0.25, -0.2) is 13.4 Å². The lowest BCUT2D eigenvalue weighted by atomic mass is 10.2. The third-order valence-electron chi connectivity index (χ3n) is 5.17. The number of aryl methyl sites for hydroxylation is 1. The van der Waals surface area contributed by atoms with Gasteiger partial charge in [-0.3, -0.25) is 9.52 Å². The van der Waals surface area contributed by atoms with E-state index in [1.54, 1.807) is 46.7 Å². The molecule has 1 amide bonds. The zero-order chi connectivity index (χ0) is 21.8. The second kappa shape index (κ2) is 9.07. The van der Waals surface area contributed by atoms with Gasteiger partial charge in [0.15, 0.2) is 5.13 Å². The fraction of sp³-hybridized carbons (Fsp3) is 0.273. The third-order valence-corrected chi connectivity index (χ3v) is 7.38. The first-order chi connectivity index (χ1) is 14.9. The molecule has 1 aliphatic rings. The van der Waals surface area contributed by atoms with Crippen molar-refractivity contribution in [3.63, 3.8) is 0 Å². The van der Waals surface area contributed by atoms with E-state index in [4.69, 9.17) is 0 Å². The van der Waals surface area contributed by atoms with Gasteiger partial charge in [0.25, 0.3) is 15.9 Å². The molecular weight excluding hydrogens is 432 g/mol. The Morgan fingerprint density at radius 2 is 1.87 bits per heavy atom. The highest BCUT2D eigenvalue weighted by molar-refractivity contribution is 7.92. The fourth-order valence-electron chi connectivity index (χ4n) is 3.50. The van der Waals surface area contributed by atoms with Gasteiger partial charge in [0, 0.05) is 49.0 Å². The van der Waals surface area contributed by atoms with Crippen molar-refractivity contribution < 1.29 is 13.2 Å². The third kappa shape index (κ3) is 5.05. The number of hydrogen-bond acceptors (Lipinski definition) is 6. The molecule has 4 rings (SSSR count). The molecule has 0 unspecified atom stereocenters. The van der Waals surface area contributed by atoms with Gasteiger partial charge in [0.2, 0.25) is 0 Å². The summed E-state index contributed by atoms with van der Waals surface area (Å²) in [6, 6.07) is 13.3. The summed E-state index contributed by atoms with van der Waals surface area (Å²) in [6.45, 7) is 4.67. The molecule has 7 nitrogen and oxygen atoms in total. The Morgan fingerprint density at radius 3 is 2.61 bits per heavy atom. The minimum atomic E-state index is -3.79. The van der Waals surface area contributed by atoms with Crippen molar-refractivity contribution in [1.29, 1.82) is 0 Å². The first kappa shape index (κ1) is 21.3. The number of amides is 1. The molecule has 0 aliphatic carbocycles. The van der Waals surface area contributed by atoms with Crippen LogP contribution in [0.4, 0.5) is 10.8 Å². The smallest absolute Gasteiger partial charge is 0.261 e. The Kier molecular flexibility index (Phi) is 6.24. The maximum absolute atomic E-state index is 13.1. The normalized spacial score (nSPS) is 14.9. The summed E-state index contributed by atoms with van der Waals surface area (Å²) in [5.74, 6) is -0.159. The van der Waals surface area contributed by atoms with Gasteiger partial charge in [0.05, 0.1) is 4.90 Å². The number of carbonyl (C=O) groups excluding carboxylic acids is 1. The topological polar surface area (TPSA) is 82.6 Å². The zero-order valence-corrected chi connectivity index (χ0v) is 18.8. The van der Waals surface area contributed by atoms with Gasteiger partial charge in [-0.1, -0.05) is 23.8 Å². The van der Waals surface area contributed by atoms with Crippen LogP contribution in [-0.4, -0.2) is 50.4 Å². The molecule has 1 N–H and O–H groups in total. The largest absolute Gasteiger partial charge is 0.346 e. The van der Waals surface area contributed by atoms with E-state index < -0.39 is 10.0 Å². The highest BCUT2D eigenvalue weighted by Crippen LogP contribution is 2.21. The van der Waals surface area contributed by atoms with E-state index in [0.717, 1.165) is 23.7 Å². The van der Waals surface area contributed by atoms with Crippen LogP contribution in [0.5, 0.6) is 0 Å². The summed E-state index contributed by atoms with van der Waals surface area (Å²) in [4.78, 5) is 21.5. The SMILES string of the molecule is Cc1ccc(NS(=O)(=O)c2cccc(C(=O)N3CCCN(c4nccs4)CC3)c2)cc1. The molecule has 1 aliphatic heterocycles. The van der Waals surface area contributed by atoms with Gasteiger partial charge >= 0.3 is 0 Å². The summed E-state index contributed by atoms with van der Waals surface area (Å²) in [7, 11) is -3.79. The second-order valence-corrected chi connectivity index (χ2v) is 10.0. The zero-order valence-electron chi connectivity index (χ0n) is 17.2. The van der Waals surface area contributed by atoms with Crippen molar-refractivity contribution in [1.82, 2.24) is 9.88 Å². The van der Waals surface area contributed by atoms with Gasteiger partial charge < -0.3 is 9.80 Å². The highest BCUT2D eigenvalue weighted by atomic mass is 32.2. The van der Waals surface area contributed by atoms with Crippen LogP contribution < -0.4 is 9.62 Å². The molecule has 31 heavy (non-hydrogen) atoms. The van der Waals surface area contributed by atoms with E-state index >= 15 is 0 Å². The maximum Gasteiger partial charge on any atom is 0.261 e. The van der Waals surface area contributed by atoms with Gasteiger partial charge in [0.1, 0.15) is 0 Å². The van der Waals surface area contributed by atoms with E-state index in [1.165, 1.54) is 12.1 Å². The van der Waals surface area contributed by atoms with Gasteiger partial charge in [-0.15, -0.1) is 11.3 Å². The van der Waals surface area contributed by atoms with Crippen molar-refractivity contribution in [3.8, 4) is 0 Å². The van der Waals surface area contributed by atoms with E-state index in [9.17, 15) is 13.2 Å². The summed E-state index contributed by atoms with van der Waals surface area (Å²) in [5.41, 5.74) is 1.90. The first-order valence-electron chi connectivity index (χ1n) is 10.1. The molecule has 3 aromatic rings. The molecule has 0 saturated carbocycles. The molecule has 2 heterocycles. The minimum Gasteiger partial charge on any atom is -0.346 e. The lowest BCUT2D eigenvalue weighted by Crippen LogP contribution is -2.35. The Labute approximate surface area is 186 Å². The average molecular weight is 457 g/mol. The van der Waals surface area contributed by atoms with Gasteiger partial charge in [-0.05, 0) is 43.7 Å². The molecule has 1 aromatic heterocycles. The predicted molar refractivity (Wildman–Crippen MR) is 123 cm³/mol. The van der Waals surface area contributed by atoms with Crippen LogP contribution in [0.1, 0.15) is 22.3 Å². The van der Waals surface area contributed by atoms with E-state index in [1.807, 2.05) is 24.4 Å². The number of carbonyl (C=O) groups is 1. The summed E-state index contributed by atoms with van der Waals surface area (Å²) in [6.07, 6.45) is 2.61. The molecule has 0 bridgehead atoms. The molecule has 0 spiro atoms. The van der Waals surface area contributed by atoms with E-state index in [2.05, 4.69) is 14.6 Å². The number of nitrogens with one attached hydrogen (secondary N) is 1. The predicted octanol–water partition coefficient (Wildman–Crippen LogP) is 3.60. The summed E-state index contributed by atoms with van der Waals surface area (Å²) in [5, 5.41) is 2.91. The standard InChI is InChI=1S/C22H24N4O3S2/c1-17-6-8-19(9-7-17)24-31(28,29)20-5-2-4-18(16-20)21(27)25-11-3-12-26(14-13-25)22-23-10-15-30-22/h2,4-10,15-16,24H,3,11-14H2,1H3. The molecule has 162 valence electrons. The summed E-state index contributed by atoms with van der Waals surface area (Å²) < 4.78 is 28.2. The molecule has 1 fully saturated rings. The van der Waals surface area contributed by atoms with E-state index in [-0.39, 0.29) is 10.8 Å². The van der Waals surface area contributed by atoms with Crippen LogP contribution >= 0.6 is 11.3 Å². The first-order valence-corrected chi connectivity index (χ1v) is 12.4. The number of nitrogens with zero attached hydrogens (tertiary/aromatic N) is 3. The van der Waals surface area contributed by atoms with Crippen LogP contribution in [-0.2, 0) is 10.0 Å². The van der Waals surface area contributed by atoms with Crippen molar-refractivity contribution in [2.75, 3.05) is 35.8 Å².